The Morgan fingerprint density at radius 1 is 1.33 bits per heavy atom. The summed E-state index contributed by atoms with van der Waals surface area (Å²) in [4.78, 5) is 16.0. The zero-order valence-electron chi connectivity index (χ0n) is 11.4. The van der Waals surface area contributed by atoms with E-state index in [1.165, 1.54) is 11.1 Å². The fourth-order valence-electron chi connectivity index (χ4n) is 2.63. The van der Waals surface area contributed by atoms with E-state index in [1.807, 2.05) is 7.05 Å². The monoisotopic (exact) mass is 247 g/mol. The molecule has 18 heavy (non-hydrogen) atoms. The Balaban J connectivity index is 2.57. The Labute approximate surface area is 108 Å². The van der Waals surface area contributed by atoms with E-state index in [4.69, 9.17) is 5.73 Å². The lowest BCUT2D eigenvalue weighted by Crippen LogP contribution is -2.30. The first-order valence-electron chi connectivity index (χ1n) is 6.37. The molecule has 0 bridgehead atoms. The highest BCUT2D eigenvalue weighted by atomic mass is 16.2. The number of benzene rings is 1. The van der Waals surface area contributed by atoms with Gasteiger partial charge in [0.25, 0.3) is 0 Å². The lowest BCUT2D eigenvalue weighted by Gasteiger charge is -2.27. The highest BCUT2D eigenvalue weighted by molar-refractivity contribution is 5.98. The van der Waals surface area contributed by atoms with Gasteiger partial charge in [0.15, 0.2) is 0 Å². The molecule has 1 aromatic carbocycles. The van der Waals surface area contributed by atoms with Gasteiger partial charge in [-0.15, -0.1) is 0 Å². The lowest BCUT2D eigenvalue weighted by molar-refractivity contribution is -0.118. The number of nitrogens with two attached hydrogens (primary N) is 1. The number of nitrogens with zero attached hydrogens (tertiary/aromatic N) is 2. The van der Waals surface area contributed by atoms with Crippen molar-refractivity contribution in [3.05, 3.63) is 23.3 Å². The van der Waals surface area contributed by atoms with Crippen molar-refractivity contribution < 1.29 is 4.79 Å². The number of fused-ring (bicyclic) bond motifs is 1. The third-order valence-electron chi connectivity index (χ3n) is 3.47. The van der Waals surface area contributed by atoms with Crippen LogP contribution in [-0.2, 0) is 4.79 Å². The molecule has 98 valence electrons. The smallest absolute Gasteiger partial charge is 0.228 e. The van der Waals surface area contributed by atoms with Gasteiger partial charge in [-0.05, 0) is 31.0 Å². The van der Waals surface area contributed by atoms with Crippen molar-refractivity contribution in [3.63, 3.8) is 0 Å². The third kappa shape index (κ3) is 2.20. The minimum atomic E-state index is 0.167. The van der Waals surface area contributed by atoms with Crippen LogP contribution in [0.4, 0.5) is 11.4 Å². The van der Waals surface area contributed by atoms with Crippen LogP contribution in [0.3, 0.4) is 0 Å². The molecule has 1 aliphatic rings. The molecule has 1 amide bonds. The Kier molecular flexibility index (Phi) is 3.57. The topological polar surface area (TPSA) is 49.6 Å². The Bertz CT molecular complexity index is 470. The fourth-order valence-corrected chi connectivity index (χ4v) is 2.63. The molecule has 0 aliphatic carbocycles. The summed E-state index contributed by atoms with van der Waals surface area (Å²) in [6.45, 7) is 6.29. The van der Waals surface area contributed by atoms with Gasteiger partial charge in [0.1, 0.15) is 0 Å². The van der Waals surface area contributed by atoms with Gasteiger partial charge in [-0.3, -0.25) is 4.79 Å². The highest BCUT2D eigenvalue weighted by Crippen LogP contribution is 2.35. The molecule has 0 unspecified atom stereocenters. The Morgan fingerprint density at radius 3 is 2.72 bits per heavy atom. The summed E-state index contributed by atoms with van der Waals surface area (Å²) < 4.78 is 0. The molecule has 1 heterocycles. The van der Waals surface area contributed by atoms with Crippen molar-refractivity contribution in [2.75, 3.05) is 36.5 Å². The van der Waals surface area contributed by atoms with Crippen molar-refractivity contribution >= 4 is 17.3 Å². The predicted octanol–water partition coefficient (Wildman–Crippen LogP) is 1.44. The van der Waals surface area contributed by atoms with E-state index in [9.17, 15) is 4.79 Å². The van der Waals surface area contributed by atoms with E-state index in [0.29, 0.717) is 13.0 Å². The molecule has 0 atom stereocenters. The van der Waals surface area contributed by atoms with Gasteiger partial charge >= 0.3 is 0 Å². The van der Waals surface area contributed by atoms with Gasteiger partial charge in [0.05, 0.1) is 11.4 Å². The van der Waals surface area contributed by atoms with Crippen molar-refractivity contribution in [3.8, 4) is 0 Å². The van der Waals surface area contributed by atoms with Crippen LogP contribution in [0, 0.1) is 13.8 Å². The molecule has 0 aromatic heterocycles. The first kappa shape index (κ1) is 12.9. The first-order chi connectivity index (χ1) is 8.54. The number of carbonyl (C=O) groups is 1. The standard InChI is InChI=1S/C14H21N3O/c1-10-8-11(2)14-12(9-10)16(3)13(18)4-6-17(14)7-5-15/h8-9H,4-7,15H2,1-3H3. The Morgan fingerprint density at radius 2 is 2.06 bits per heavy atom. The molecule has 0 radical (unpaired) electrons. The summed E-state index contributed by atoms with van der Waals surface area (Å²) in [5.74, 6) is 0.167. The number of rotatable bonds is 2. The SMILES string of the molecule is Cc1cc(C)c2c(c1)N(C)C(=O)CCN2CCN. The van der Waals surface area contributed by atoms with Gasteiger partial charge in [0.2, 0.25) is 5.91 Å². The summed E-state index contributed by atoms with van der Waals surface area (Å²) >= 11 is 0. The molecule has 0 saturated heterocycles. The number of aryl methyl sites for hydroxylation is 2. The van der Waals surface area contributed by atoms with Crippen LogP contribution >= 0.6 is 0 Å². The maximum absolute atomic E-state index is 12.0. The molecule has 4 heteroatoms. The normalized spacial score (nSPS) is 15.7. The average Bonchev–Trinajstić information content (AvgIpc) is 2.42. The van der Waals surface area contributed by atoms with Crippen LogP contribution in [0.15, 0.2) is 12.1 Å². The van der Waals surface area contributed by atoms with E-state index in [0.717, 1.165) is 24.5 Å². The first-order valence-corrected chi connectivity index (χ1v) is 6.37. The number of amides is 1. The fraction of sp³-hybridized carbons (Fsp3) is 0.500. The quantitative estimate of drug-likeness (QED) is 0.860. The van der Waals surface area contributed by atoms with Gasteiger partial charge in [-0.2, -0.15) is 0 Å². The minimum Gasteiger partial charge on any atom is -0.368 e. The highest BCUT2D eigenvalue weighted by Gasteiger charge is 2.24. The largest absolute Gasteiger partial charge is 0.368 e. The summed E-state index contributed by atoms with van der Waals surface area (Å²) in [5, 5.41) is 0. The second-order valence-corrected chi connectivity index (χ2v) is 4.93. The van der Waals surface area contributed by atoms with Crippen molar-refractivity contribution in [2.24, 2.45) is 5.73 Å². The molecular weight excluding hydrogens is 226 g/mol. The van der Waals surface area contributed by atoms with Gasteiger partial charge < -0.3 is 15.5 Å². The van der Waals surface area contributed by atoms with E-state index in [2.05, 4.69) is 30.9 Å². The van der Waals surface area contributed by atoms with E-state index in [1.54, 1.807) is 4.90 Å². The van der Waals surface area contributed by atoms with Crippen molar-refractivity contribution in [1.82, 2.24) is 0 Å². The zero-order chi connectivity index (χ0) is 13.3. The van der Waals surface area contributed by atoms with Crippen molar-refractivity contribution in [1.29, 1.82) is 0 Å². The minimum absolute atomic E-state index is 0.167. The summed E-state index contributed by atoms with van der Waals surface area (Å²) in [5.41, 5.74) is 10.2. The molecule has 0 spiro atoms. The summed E-state index contributed by atoms with van der Waals surface area (Å²) in [7, 11) is 1.85. The van der Waals surface area contributed by atoms with Crippen LogP contribution in [0.1, 0.15) is 17.5 Å². The van der Waals surface area contributed by atoms with Crippen LogP contribution in [0.2, 0.25) is 0 Å². The maximum atomic E-state index is 12.0. The lowest BCUT2D eigenvalue weighted by atomic mass is 10.1. The molecule has 2 N–H and O–H groups in total. The van der Waals surface area contributed by atoms with Crippen LogP contribution in [-0.4, -0.2) is 32.6 Å². The van der Waals surface area contributed by atoms with Crippen molar-refractivity contribution in [2.45, 2.75) is 20.3 Å². The Hall–Kier alpha value is -1.55. The third-order valence-corrected chi connectivity index (χ3v) is 3.47. The molecule has 0 saturated carbocycles. The van der Waals surface area contributed by atoms with Gasteiger partial charge in [0, 0.05) is 33.1 Å². The van der Waals surface area contributed by atoms with E-state index < -0.39 is 0 Å². The molecule has 1 aromatic rings. The summed E-state index contributed by atoms with van der Waals surface area (Å²) in [6.07, 6.45) is 0.545. The van der Waals surface area contributed by atoms with Crippen LogP contribution in [0.5, 0.6) is 0 Å². The number of hydrogen-bond donors (Lipinski definition) is 1. The molecular formula is C14H21N3O. The average molecular weight is 247 g/mol. The van der Waals surface area contributed by atoms with Crippen LogP contribution < -0.4 is 15.5 Å². The molecule has 0 fully saturated rings. The number of hydrogen-bond acceptors (Lipinski definition) is 3. The van der Waals surface area contributed by atoms with Gasteiger partial charge in [-0.1, -0.05) is 6.07 Å². The number of anilines is 2. The number of carbonyl (C=O) groups excluding carboxylic acids is 1. The molecule has 2 rings (SSSR count). The van der Waals surface area contributed by atoms with Gasteiger partial charge in [-0.25, -0.2) is 0 Å². The van der Waals surface area contributed by atoms with Crippen LogP contribution in [0.25, 0.3) is 0 Å². The van der Waals surface area contributed by atoms with E-state index in [-0.39, 0.29) is 5.91 Å². The molecule has 1 aliphatic heterocycles. The van der Waals surface area contributed by atoms with E-state index >= 15 is 0 Å². The second-order valence-electron chi connectivity index (χ2n) is 4.93. The maximum Gasteiger partial charge on any atom is 0.228 e. The summed E-state index contributed by atoms with van der Waals surface area (Å²) in [6, 6.07) is 4.24. The molecule has 4 nitrogen and oxygen atoms in total. The second kappa shape index (κ2) is 4.98. The predicted molar refractivity (Wildman–Crippen MR) is 75.2 cm³/mol. The zero-order valence-corrected chi connectivity index (χ0v) is 11.4.